The summed E-state index contributed by atoms with van der Waals surface area (Å²) in [6.07, 6.45) is 3.22. The Bertz CT molecular complexity index is 1310. The highest BCUT2D eigenvalue weighted by Crippen LogP contribution is 2.30. The molecule has 2 aromatic heterocycles. The Hall–Kier alpha value is -4.09. The number of methoxy groups -OCH3 is 1. The second kappa shape index (κ2) is 18.3. The molecular formula is C29H37ClN6O5. The first-order valence-electron chi connectivity index (χ1n) is 13.1. The highest BCUT2D eigenvalue weighted by atomic mass is 35.5. The molecule has 0 amide bonds. The minimum absolute atomic E-state index is 0.0301. The summed E-state index contributed by atoms with van der Waals surface area (Å²) in [5.74, 6) is 1.65. The van der Waals surface area contributed by atoms with E-state index in [-0.39, 0.29) is 12.9 Å². The molecule has 0 saturated carbocycles. The number of unbranched alkanes of at least 4 members (excludes halogenated alkanes) is 1. The Kier molecular flexibility index (Phi) is 14.8. The third-order valence-electron chi connectivity index (χ3n) is 5.70. The lowest BCUT2D eigenvalue weighted by Crippen LogP contribution is -2.07. The number of hydrogen-bond acceptors (Lipinski definition) is 9. The molecule has 0 radical (unpaired) electrons. The van der Waals surface area contributed by atoms with Crippen LogP contribution in [0.2, 0.25) is 5.15 Å². The van der Waals surface area contributed by atoms with Crippen molar-refractivity contribution in [2.45, 2.75) is 59.6 Å². The number of ether oxygens (including phenoxy) is 3. The fourth-order valence-corrected chi connectivity index (χ4v) is 3.88. The molecule has 0 bridgehead atoms. The molecule has 4 aromatic rings. The largest absolute Gasteiger partial charge is 0.465 e. The second-order valence-electron chi connectivity index (χ2n) is 9.02. The normalized spacial score (nSPS) is 10.2. The fourth-order valence-electron chi connectivity index (χ4n) is 3.68. The van der Waals surface area contributed by atoms with Gasteiger partial charge in [0.2, 0.25) is 5.82 Å². The average molecular weight is 585 g/mol. The molecule has 0 spiro atoms. The molecule has 0 saturated heterocycles. The number of hydrogen-bond donors (Lipinski definition) is 1. The van der Waals surface area contributed by atoms with Gasteiger partial charge in [0.05, 0.1) is 11.8 Å². The molecule has 2 heterocycles. The topological polar surface area (TPSA) is 134 Å². The SMILES string of the molecule is CC(C)OC=O.CCCCc1nc(Cl)c(C)n1Cc1ccc(-c2ccccc2-c2nn[nH]n2)cc1.COCOC=O. The van der Waals surface area contributed by atoms with Crippen LogP contribution in [0.4, 0.5) is 0 Å². The molecule has 12 heteroatoms. The molecule has 0 unspecified atom stereocenters. The zero-order valence-electron chi connectivity index (χ0n) is 24.0. The van der Waals surface area contributed by atoms with Gasteiger partial charge in [-0.05, 0) is 49.1 Å². The number of benzene rings is 2. The van der Waals surface area contributed by atoms with E-state index in [0.29, 0.717) is 23.9 Å². The van der Waals surface area contributed by atoms with Crippen LogP contribution < -0.4 is 0 Å². The molecule has 220 valence electrons. The van der Waals surface area contributed by atoms with E-state index < -0.39 is 0 Å². The monoisotopic (exact) mass is 584 g/mol. The number of tetrazole rings is 1. The lowest BCUT2D eigenvalue weighted by atomic mass is 9.98. The minimum Gasteiger partial charge on any atom is -0.465 e. The third kappa shape index (κ3) is 10.8. The number of carbonyl (C=O) groups excluding carboxylic acids is 2. The van der Waals surface area contributed by atoms with Crippen molar-refractivity contribution in [3.63, 3.8) is 0 Å². The van der Waals surface area contributed by atoms with E-state index in [1.807, 2.05) is 25.1 Å². The van der Waals surface area contributed by atoms with Gasteiger partial charge in [0.25, 0.3) is 12.9 Å². The lowest BCUT2D eigenvalue weighted by molar-refractivity contribution is -0.138. The minimum atomic E-state index is 0.0301. The molecule has 1 N–H and O–H groups in total. The maximum Gasteiger partial charge on any atom is 0.295 e. The number of nitrogens with one attached hydrogen (secondary N) is 1. The summed E-state index contributed by atoms with van der Waals surface area (Å²) in [4.78, 5) is 23.2. The first-order chi connectivity index (χ1) is 19.9. The lowest BCUT2D eigenvalue weighted by Gasteiger charge is -2.12. The molecule has 0 aliphatic carbocycles. The van der Waals surface area contributed by atoms with E-state index in [0.717, 1.165) is 54.0 Å². The quantitative estimate of drug-likeness (QED) is 0.132. The highest BCUT2D eigenvalue weighted by Gasteiger charge is 2.14. The molecule has 2 aromatic carbocycles. The number of nitrogens with zero attached hydrogens (tertiary/aromatic N) is 5. The van der Waals surface area contributed by atoms with E-state index in [9.17, 15) is 9.59 Å². The molecule has 41 heavy (non-hydrogen) atoms. The van der Waals surface area contributed by atoms with Crippen LogP contribution >= 0.6 is 11.6 Å². The molecule has 0 atom stereocenters. The van der Waals surface area contributed by atoms with Crippen LogP contribution in [-0.2, 0) is 36.8 Å². The first kappa shape index (κ1) is 33.1. The van der Waals surface area contributed by atoms with Gasteiger partial charge in [-0.3, -0.25) is 9.59 Å². The molecule has 4 rings (SSSR count). The van der Waals surface area contributed by atoms with Crippen LogP contribution in [0.25, 0.3) is 22.5 Å². The summed E-state index contributed by atoms with van der Waals surface area (Å²) in [6, 6.07) is 16.6. The first-order valence-corrected chi connectivity index (χ1v) is 13.5. The number of halogens is 1. The summed E-state index contributed by atoms with van der Waals surface area (Å²) >= 11 is 6.30. The number of rotatable bonds is 12. The van der Waals surface area contributed by atoms with E-state index in [1.165, 1.54) is 12.7 Å². The number of aryl methyl sites for hydroxylation is 1. The Morgan fingerprint density at radius 2 is 1.76 bits per heavy atom. The number of carbonyl (C=O) groups is 2. The highest BCUT2D eigenvalue weighted by molar-refractivity contribution is 6.30. The smallest absolute Gasteiger partial charge is 0.295 e. The van der Waals surface area contributed by atoms with Crippen LogP contribution in [0.5, 0.6) is 0 Å². The standard InChI is InChI=1S/C22H23ClN6.C4H8O2.C3H6O3/c1-3-4-9-20-24-21(23)15(2)29(20)14-16-10-12-17(13-11-16)18-7-5-6-8-19(18)22-25-27-28-26-22;1-4(2)6-3-5;1-5-3-6-2-4/h5-8,10-13H,3-4,9,14H2,1-2H3,(H,25,26,27,28);3-4H,1-2H3;2H,3H2,1H3. The number of imidazole rings is 1. The van der Waals surface area contributed by atoms with Crippen LogP contribution in [0.3, 0.4) is 0 Å². The summed E-state index contributed by atoms with van der Waals surface area (Å²) in [6.45, 7) is 9.41. The average Bonchev–Trinajstić information content (AvgIpc) is 3.61. The maximum absolute atomic E-state index is 9.39. The Labute approximate surface area is 245 Å². The van der Waals surface area contributed by atoms with Gasteiger partial charge in [0.1, 0.15) is 11.0 Å². The maximum atomic E-state index is 9.39. The van der Waals surface area contributed by atoms with Gasteiger partial charge in [-0.2, -0.15) is 5.21 Å². The summed E-state index contributed by atoms with van der Waals surface area (Å²) < 4.78 is 15.0. The van der Waals surface area contributed by atoms with Crippen molar-refractivity contribution >= 4 is 24.5 Å². The van der Waals surface area contributed by atoms with Crippen molar-refractivity contribution in [3.8, 4) is 22.5 Å². The number of H-pyrrole nitrogens is 1. The van der Waals surface area contributed by atoms with Gasteiger partial charge in [0, 0.05) is 25.6 Å². The summed E-state index contributed by atoms with van der Waals surface area (Å²) in [7, 11) is 1.45. The van der Waals surface area contributed by atoms with E-state index in [1.54, 1.807) is 13.8 Å². The van der Waals surface area contributed by atoms with Crippen LogP contribution in [0, 0.1) is 6.92 Å². The van der Waals surface area contributed by atoms with Crippen molar-refractivity contribution in [1.82, 2.24) is 30.2 Å². The van der Waals surface area contributed by atoms with Crippen molar-refractivity contribution in [1.29, 1.82) is 0 Å². The van der Waals surface area contributed by atoms with E-state index in [2.05, 4.69) is 81.6 Å². The predicted molar refractivity (Wildman–Crippen MR) is 156 cm³/mol. The van der Waals surface area contributed by atoms with Crippen LogP contribution in [-0.4, -0.2) is 63.1 Å². The number of aromatic amines is 1. The zero-order valence-corrected chi connectivity index (χ0v) is 24.8. The van der Waals surface area contributed by atoms with Gasteiger partial charge >= 0.3 is 0 Å². The van der Waals surface area contributed by atoms with Crippen LogP contribution in [0.15, 0.2) is 48.5 Å². The molecular weight excluding hydrogens is 548 g/mol. The second-order valence-corrected chi connectivity index (χ2v) is 9.38. The van der Waals surface area contributed by atoms with Crippen molar-refractivity contribution in [3.05, 3.63) is 70.8 Å². The Morgan fingerprint density at radius 3 is 2.27 bits per heavy atom. The van der Waals surface area contributed by atoms with Crippen molar-refractivity contribution < 1.29 is 23.8 Å². The molecule has 0 fully saturated rings. The van der Waals surface area contributed by atoms with Crippen molar-refractivity contribution in [2.24, 2.45) is 0 Å². The van der Waals surface area contributed by atoms with Crippen molar-refractivity contribution in [2.75, 3.05) is 13.9 Å². The third-order valence-corrected chi connectivity index (χ3v) is 6.05. The van der Waals surface area contributed by atoms with Gasteiger partial charge in [-0.25, -0.2) is 4.98 Å². The van der Waals surface area contributed by atoms with Gasteiger partial charge in [0.15, 0.2) is 6.79 Å². The van der Waals surface area contributed by atoms with Gasteiger partial charge in [-0.1, -0.05) is 73.5 Å². The predicted octanol–water partition coefficient (Wildman–Crippen LogP) is 5.41. The Morgan fingerprint density at radius 1 is 1.05 bits per heavy atom. The van der Waals surface area contributed by atoms with Crippen LogP contribution in [0.1, 0.15) is 50.7 Å². The summed E-state index contributed by atoms with van der Waals surface area (Å²) in [5.41, 5.74) is 5.37. The van der Waals surface area contributed by atoms with E-state index in [4.69, 9.17) is 11.6 Å². The zero-order chi connectivity index (χ0) is 30.0. The van der Waals surface area contributed by atoms with E-state index >= 15 is 0 Å². The van der Waals surface area contributed by atoms with Gasteiger partial charge < -0.3 is 18.8 Å². The fraction of sp³-hybridized carbons (Fsp3) is 0.379. The molecule has 0 aliphatic heterocycles. The molecule has 11 nitrogen and oxygen atoms in total. The molecule has 0 aliphatic rings. The van der Waals surface area contributed by atoms with Gasteiger partial charge in [-0.15, -0.1) is 10.2 Å². The number of aromatic nitrogens is 6. The summed E-state index contributed by atoms with van der Waals surface area (Å²) in [5, 5.41) is 15.0. The Balaban J connectivity index is 0.000000413.